The van der Waals surface area contributed by atoms with Gasteiger partial charge in [0, 0.05) is 0 Å². The largest absolute Gasteiger partial charge is 0.507 e. The summed E-state index contributed by atoms with van der Waals surface area (Å²) in [5.41, 5.74) is 0.301. The molecule has 0 radical (unpaired) electrons. The monoisotopic (exact) mass is 413 g/mol. The second-order valence-electron chi connectivity index (χ2n) is 4.66. The summed E-state index contributed by atoms with van der Waals surface area (Å²) in [6, 6.07) is 11.5. The number of benzene rings is 2. The van der Waals surface area contributed by atoms with Gasteiger partial charge >= 0.3 is 94.4 Å². The Hall–Kier alpha value is -2.58. The Morgan fingerprint density at radius 2 is 1.76 bits per heavy atom. The van der Waals surface area contributed by atoms with E-state index in [4.69, 9.17) is 15.5 Å². The first-order chi connectivity index (χ1) is 11.7. The molecule has 2 rings (SSSR count). The summed E-state index contributed by atoms with van der Waals surface area (Å²) in [5.74, 6) is -1.61. The average molecular weight is 413 g/mol. The molecule has 134 valence electrons. The summed E-state index contributed by atoms with van der Waals surface area (Å²) in [4.78, 5) is 21.0. The van der Waals surface area contributed by atoms with Crippen molar-refractivity contribution in [3.05, 3.63) is 54.1 Å². The number of rotatable bonds is 4. The van der Waals surface area contributed by atoms with Crippen molar-refractivity contribution in [3.63, 3.8) is 0 Å². The van der Waals surface area contributed by atoms with Gasteiger partial charge in [-0.2, -0.15) is 0 Å². The van der Waals surface area contributed by atoms with Gasteiger partial charge in [0.05, 0.1) is 0 Å². The molecule has 0 aliphatic carbocycles. The van der Waals surface area contributed by atoms with Crippen molar-refractivity contribution in [2.45, 2.75) is 6.92 Å². The van der Waals surface area contributed by atoms with Gasteiger partial charge in [0.25, 0.3) is 0 Å². The van der Waals surface area contributed by atoms with E-state index in [-0.39, 0.29) is 21.6 Å². The van der Waals surface area contributed by atoms with Gasteiger partial charge in [-0.15, -0.1) is 0 Å². The van der Waals surface area contributed by atoms with Gasteiger partial charge in [0.1, 0.15) is 11.3 Å². The van der Waals surface area contributed by atoms with E-state index < -0.39 is 20.1 Å². The molecule has 0 saturated heterocycles. The molecule has 10 heteroatoms. The van der Waals surface area contributed by atoms with Crippen molar-refractivity contribution in [1.82, 2.24) is 0 Å². The van der Waals surface area contributed by atoms with Crippen LogP contribution in [-0.4, -0.2) is 45.6 Å². The molecule has 0 aromatic heterocycles. The zero-order valence-corrected chi connectivity index (χ0v) is 14.9. The third-order valence-electron chi connectivity index (χ3n) is 2.74. The third kappa shape index (κ3) is 6.44. The number of anilines is 1. The minimum Gasteiger partial charge on any atom is -0.507 e. The molecule has 0 heterocycles. The molecule has 1 atom stereocenters. The number of carbonyl (C=O) groups is 2. The van der Waals surface area contributed by atoms with Crippen LogP contribution in [0.4, 0.5) is 5.69 Å². The Bertz CT molecular complexity index is 808. The van der Waals surface area contributed by atoms with Gasteiger partial charge in [-0.1, -0.05) is 12.1 Å². The molecule has 0 fully saturated rings. The maximum Gasteiger partial charge on any atom is 0.339 e. The first-order valence-corrected chi connectivity index (χ1v) is 10.0. The molecule has 0 aliphatic rings. The number of amides is 1. The summed E-state index contributed by atoms with van der Waals surface area (Å²) in [6.45, 7) is 1.32. The van der Waals surface area contributed by atoms with Crippen LogP contribution in [0.5, 0.6) is 5.75 Å². The fraction of sp³-hybridized carbons (Fsp3) is 0.0667. The molecule has 0 saturated carbocycles. The molecule has 0 bridgehead atoms. The zero-order chi connectivity index (χ0) is 19.0. The zero-order valence-electron chi connectivity index (χ0n) is 13.0. The predicted octanol–water partition coefficient (Wildman–Crippen LogP) is 0.794. The number of aromatic carboxylic acids is 1. The van der Waals surface area contributed by atoms with E-state index >= 15 is 0 Å². The van der Waals surface area contributed by atoms with Crippen molar-refractivity contribution >= 4 is 36.1 Å². The minimum absolute atomic E-state index is 0.0399. The van der Waals surface area contributed by atoms with Gasteiger partial charge in [-0.25, -0.2) is 4.79 Å². The fourth-order valence-electron chi connectivity index (χ4n) is 1.66. The second kappa shape index (κ2) is 9.05. The van der Waals surface area contributed by atoms with Crippen LogP contribution in [0.2, 0.25) is 0 Å². The Labute approximate surface area is 145 Å². The number of nitrogens with one attached hydrogen (secondary N) is 1. The smallest absolute Gasteiger partial charge is 0.339 e. The van der Waals surface area contributed by atoms with Crippen LogP contribution in [0.15, 0.2) is 48.5 Å². The number of carboxylic acid groups (broad SMARTS) is 1. The summed E-state index contributed by atoms with van der Waals surface area (Å²) in [5, 5.41) is 28.0. The number of aromatic hydroxyl groups is 1. The van der Waals surface area contributed by atoms with Crippen LogP contribution in [0, 0.1) is 0 Å². The van der Waals surface area contributed by atoms with E-state index in [2.05, 4.69) is 9.19 Å². The van der Waals surface area contributed by atoms with E-state index in [1.54, 1.807) is 18.2 Å². The standard InChI is InChI=1S/C8H10AsNO5.C7H6O3/c1-6(11)10-8-4-2-3-7(5-8)9(12,13)15-14;8-6-4-2-1-3-5(6)7(9)10/h2-5,14H,1H3,(H,10,11)(H,12,13);1-4,8H,(H,9,10). The number of carbonyl (C=O) groups excluding carboxylic acids is 1. The average Bonchev–Trinajstić information content (AvgIpc) is 2.55. The maximum absolute atomic E-state index is 11.3. The summed E-state index contributed by atoms with van der Waals surface area (Å²) in [7, 11) is 0. The summed E-state index contributed by atoms with van der Waals surface area (Å²) < 4.78 is 23.9. The SMILES string of the molecule is CC(=O)Nc1cccc([As](=O)(O)OO)c1.O=C(O)c1ccccc1O. The van der Waals surface area contributed by atoms with Crippen molar-refractivity contribution in [2.24, 2.45) is 0 Å². The summed E-state index contributed by atoms with van der Waals surface area (Å²) in [6.07, 6.45) is 0. The number of para-hydroxylation sites is 1. The molecule has 0 spiro atoms. The van der Waals surface area contributed by atoms with Gasteiger partial charge in [-0.05, 0) is 12.1 Å². The van der Waals surface area contributed by atoms with E-state index in [0.717, 1.165) is 0 Å². The van der Waals surface area contributed by atoms with Gasteiger partial charge in [0.2, 0.25) is 0 Å². The topological polar surface area (TPSA) is 153 Å². The maximum atomic E-state index is 11.3. The van der Waals surface area contributed by atoms with Crippen molar-refractivity contribution < 1.29 is 36.8 Å². The normalized spacial score (nSPS) is 12.3. The van der Waals surface area contributed by atoms with Crippen molar-refractivity contribution in [1.29, 1.82) is 0 Å². The molecule has 2 aromatic rings. The first kappa shape index (κ1) is 20.5. The first-order valence-electron chi connectivity index (χ1n) is 6.73. The van der Waals surface area contributed by atoms with E-state index in [1.165, 1.54) is 37.3 Å². The fourth-order valence-corrected chi connectivity index (χ4v) is 3.07. The van der Waals surface area contributed by atoms with Crippen LogP contribution in [0.3, 0.4) is 0 Å². The Kier molecular flexibility index (Phi) is 7.40. The van der Waals surface area contributed by atoms with Crippen molar-refractivity contribution in [3.8, 4) is 5.75 Å². The number of carboxylic acids is 1. The molecule has 5 N–H and O–H groups in total. The van der Waals surface area contributed by atoms with Crippen LogP contribution in [-0.2, 0) is 12.4 Å². The molecule has 2 aromatic carbocycles. The predicted molar refractivity (Wildman–Crippen MR) is 87.8 cm³/mol. The molecule has 1 amide bonds. The quantitative estimate of drug-likeness (QED) is 0.280. The second-order valence-corrected chi connectivity index (χ2v) is 8.27. The number of phenols is 1. The molecule has 1 unspecified atom stereocenters. The minimum atomic E-state index is -4.83. The molecule has 25 heavy (non-hydrogen) atoms. The van der Waals surface area contributed by atoms with Gasteiger partial charge in [0.15, 0.2) is 0 Å². The Balaban J connectivity index is 0.000000271. The number of hydrogen-bond donors (Lipinski definition) is 5. The molecular formula is C15H16AsNO8. The van der Waals surface area contributed by atoms with E-state index in [0.29, 0.717) is 5.69 Å². The third-order valence-corrected chi connectivity index (χ3v) is 5.16. The van der Waals surface area contributed by atoms with E-state index in [9.17, 15) is 17.4 Å². The Morgan fingerprint density at radius 1 is 1.12 bits per heavy atom. The van der Waals surface area contributed by atoms with Crippen LogP contribution >= 0.6 is 0 Å². The van der Waals surface area contributed by atoms with Gasteiger partial charge in [-0.3, -0.25) is 0 Å². The van der Waals surface area contributed by atoms with Crippen LogP contribution in [0.1, 0.15) is 17.3 Å². The molecule has 0 aliphatic heterocycles. The number of hydrogen-bond acceptors (Lipinski definition) is 6. The van der Waals surface area contributed by atoms with Crippen LogP contribution < -0.4 is 9.67 Å². The van der Waals surface area contributed by atoms with Gasteiger partial charge < -0.3 is 10.2 Å². The van der Waals surface area contributed by atoms with Crippen molar-refractivity contribution in [2.75, 3.05) is 5.32 Å². The van der Waals surface area contributed by atoms with Crippen LogP contribution in [0.25, 0.3) is 0 Å². The molecule has 9 nitrogen and oxygen atoms in total. The summed E-state index contributed by atoms with van der Waals surface area (Å²) >= 11 is -4.83. The van der Waals surface area contributed by atoms with E-state index in [1.807, 2.05) is 0 Å². The Morgan fingerprint density at radius 3 is 2.24 bits per heavy atom. The molecular weight excluding hydrogens is 397 g/mol.